The van der Waals surface area contributed by atoms with Crippen molar-refractivity contribution in [3.05, 3.63) is 81.9 Å². The van der Waals surface area contributed by atoms with E-state index in [1.54, 1.807) is 17.0 Å². The lowest BCUT2D eigenvalue weighted by Gasteiger charge is -2.32. The van der Waals surface area contributed by atoms with E-state index < -0.39 is 6.04 Å². The Morgan fingerprint density at radius 1 is 1.09 bits per heavy atom. The van der Waals surface area contributed by atoms with Crippen molar-refractivity contribution < 1.29 is 14.0 Å². The summed E-state index contributed by atoms with van der Waals surface area (Å²) in [6.45, 7) is 2.49. The minimum Gasteiger partial charge on any atom is -0.459 e. The van der Waals surface area contributed by atoms with Crippen molar-refractivity contribution in [2.45, 2.75) is 57.5 Å². The number of amides is 2. The van der Waals surface area contributed by atoms with Gasteiger partial charge in [-0.05, 0) is 60.9 Å². The number of rotatable bonds is 8. The second-order valence-electron chi connectivity index (χ2n) is 8.41. The lowest BCUT2D eigenvalue weighted by molar-refractivity contribution is -0.126. The highest BCUT2D eigenvalue weighted by Crippen LogP contribution is 2.29. The number of nitrogens with one attached hydrogen (secondary N) is 1. The zero-order chi connectivity index (χ0) is 22.3. The molecule has 2 aromatic heterocycles. The van der Waals surface area contributed by atoms with Gasteiger partial charge in [0.15, 0.2) is 5.76 Å². The zero-order valence-corrected chi connectivity index (χ0v) is 19.3. The number of thiophene rings is 1. The average Bonchev–Trinajstić information content (AvgIpc) is 3.52. The van der Waals surface area contributed by atoms with Gasteiger partial charge in [0.1, 0.15) is 6.04 Å². The van der Waals surface area contributed by atoms with E-state index in [9.17, 15) is 9.59 Å². The van der Waals surface area contributed by atoms with Crippen LogP contribution in [-0.2, 0) is 11.2 Å². The molecule has 3 aromatic rings. The number of furan rings is 1. The van der Waals surface area contributed by atoms with Crippen LogP contribution in [0.15, 0.2) is 64.6 Å². The summed E-state index contributed by atoms with van der Waals surface area (Å²) < 4.78 is 5.43. The first-order chi connectivity index (χ1) is 15.6. The fourth-order valence-electron chi connectivity index (χ4n) is 4.42. The summed E-state index contributed by atoms with van der Waals surface area (Å²) in [7, 11) is 0. The fourth-order valence-corrected chi connectivity index (χ4v) is 5.25. The Bertz CT molecular complexity index is 1010. The third-order valence-electron chi connectivity index (χ3n) is 6.20. The Balaban J connectivity index is 1.63. The molecule has 1 aliphatic rings. The number of hydrogen-bond donors (Lipinski definition) is 1. The predicted octanol–water partition coefficient (Wildman–Crippen LogP) is 5.52. The van der Waals surface area contributed by atoms with Gasteiger partial charge in [0.05, 0.1) is 6.26 Å². The maximum atomic E-state index is 13.6. The number of benzene rings is 1. The van der Waals surface area contributed by atoms with E-state index in [0.29, 0.717) is 13.0 Å². The highest BCUT2D eigenvalue weighted by Gasteiger charge is 2.34. The van der Waals surface area contributed by atoms with Gasteiger partial charge in [0, 0.05) is 17.5 Å². The maximum absolute atomic E-state index is 13.6. The molecule has 2 amide bonds. The number of hydrogen-bond acceptors (Lipinski definition) is 4. The summed E-state index contributed by atoms with van der Waals surface area (Å²) in [6.07, 6.45) is 7.65. The van der Waals surface area contributed by atoms with Gasteiger partial charge in [-0.25, -0.2) is 0 Å². The van der Waals surface area contributed by atoms with Gasteiger partial charge in [-0.2, -0.15) is 0 Å². The van der Waals surface area contributed by atoms with Crippen LogP contribution < -0.4 is 5.32 Å². The van der Waals surface area contributed by atoms with E-state index in [1.807, 2.05) is 29.6 Å². The Kier molecular flexibility index (Phi) is 7.43. The van der Waals surface area contributed by atoms with Gasteiger partial charge in [-0.1, -0.05) is 49.6 Å². The number of carbonyl (C=O) groups excluding carboxylic acids is 2. The zero-order valence-electron chi connectivity index (χ0n) is 18.5. The topological polar surface area (TPSA) is 62.6 Å². The van der Waals surface area contributed by atoms with Crippen molar-refractivity contribution in [1.82, 2.24) is 10.2 Å². The Morgan fingerprint density at radius 3 is 2.59 bits per heavy atom. The number of carbonyl (C=O) groups is 2. The first-order valence-electron chi connectivity index (χ1n) is 11.4. The molecule has 4 rings (SSSR count). The van der Waals surface area contributed by atoms with Crippen molar-refractivity contribution in [1.29, 1.82) is 0 Å². The second-order valence-corrected chi connectivity index (χ2v) is 9.39. The molecule has 0 spiro atoms. The molecule has 5 nitrogen and oxygen atoms in total. The molecule has 1 aromatic carbocycles. The van der Waals surface area contributed by atoms with Crippen LogP contribution in [0.2, 0.25) is 0 Å². The van der Waals surface area contributed by atoms with Gasteiger partial charge in [0.2, 0.25) is 5.91 Å². The van der Waals surface area contributed by atoms with Crippen molar-refractivity contribution in [2.24, 2.45) is 0 Å². The summed E-state index contributed by atoms with van der Waals surface area (Å²) in [5.74, 6) is -0.119. The molecule has 1 atom stereocenters. The lowest BCUT2D eigenvalue weighted by Crippen LogP contribution is -2.47. The highest BCUT2D eigenvalue weighted by atomic mass is 32.1. The molecule has 32 heavy (non-hydrogen) atoms. The van der Waals surface area contributed by atoms with Crippen LogP contribution in [0.25, 0.3) is 0 Å². The smallest absolute Gasteiger partial charge is 0.290 e. The molecule has 2 heterocycles. The van der Waals surface area contributed by atoms with Crippen LogP contribution in [0, 0.1) is 6.92 Å². The van der Waals surface area contributed by atoms with E-state index in [1.165, 1.54) is 35.1 Å². The second kappa shape index (κ2) is 10.6. The standard InChI is InChI=1S/C26H30N2O3S/c1-19-9-5-6-10-20(19)15-16-28(26(30)22-13-7-17-31-22)24(23-14-8-18-32-23)25(29)27-21-11-3-2-4-12-21/h5-10,13-14,17-18,21,24H,2-4,11-12,15-16H2,1H3,(H,27,29)/t24-/m1/s1. The van der Waals surface area contributed by atoms with Crippen molar-refractivity contribution in [3.8, 4) is 0 Å². The average molecular weight is 451 g/mol. The minimum absolute atomic E-state index is 0.107. The van der Waals surface area contributed by atoms with Gasteiger partial charge in [-0.3, -0.25) is 9.59 Å². The maximum Gasteiger partial charge on any atom is 0.290 e. The molecule has 6 heteroatoms. The molecular weight excluding hydrogens is 420 g/mol. The molecule has 0 saturated heterocycles. The molecule has 1 fully saturated rings. The van der Waals surface area contributed by atoms with Crippen LogP contribution in [0.3, 0.4) is 0 Å². The van der Waals surface area contributed by atoms with Crippen molar-refractivity contribution in [2.75, 3.05) is 6.54 Å². The van der Waals surface area contributed by atoms with E-state index in [2.05, 4.69) is 24.4 Å². The fraction of sp³-hybridized carbons (Fsp3) is 0.385. The van der Waals surface area contributed by atoms with Gasteiger partial charge in [0.25, 0.3) is 5.91 Å². The number of nitrogens with zero attached hydrogens (tertiary/aromatic N) is 1. The monoisotopic (exact) mass is 450 g/mol. The SMILES string of the molecule is Cc1ccccc1CCN(C(=O)c1ccco1)[C@@H](C(=O)NC1CCCCC1)c1cccs1. The first kappa shape index (κ1) is 22.3. The Labute approximate surface area is 193 Å². The molecule has 0 bridgehead atoms. The third-order valence-corrected chi connectivity index (χ3v) is 7.13. The van der Waals surface area contributed by atoms with Crippen molar-refractivity contribution >= 4 is 23.2 Å². The van der Waals surface area contributed by atoms with Crippen LogP contribution >= 0.6 is 11.3 Å². The first-order valence-corrected chi connectivity index (χ1v) is 12.2. The van der Waals surface area contributed by atoms with Crippen LogP contribution in [-0.4, -0.2) is 29.3 Å². The molecular formula is C26H30N2O3S. The third kappa shape index (κ3) is 5.30. The summed E-state index contributed by atoms with van der Waals surface area (Å²) in [4.78, 5) is 29.6. The van der Waals surface area contributed by atoms with Gasteiger partial charge < -0.3 is 14.6 Å². The van der Waals surface area contributed by atoms with E-state index in [-0.39, 0.29) is 23.6 Å². The largest absolute Gasteiger partial charge is 0.459 e. The molecule has 1 aliphatic carbocycles. The van der Waals surface area contributed by atoms with Gasteiger partial charge >= 0.3 is 0 Å². The quantitative estimate of drug-likeness (QED) is 0.491. The van der Waals surface area contributed by atoms with Crippen LogP contribution in [0.1, 0.15) is 64.7 Å². The van der Waals surface area contributed by atoms with Gasteiger partial charge in [-0.15, -0.1) is 11.3 Å². The molecule has 168 valence electrons. The molecule has 0 unspecified atom stereocenters. The molecule has 1 saturated carbocycles. The summed E-state index contributed by atoms with van der Waals surface area (Å²) in [6, 6.07) is 14.9. The van der Waals surface area contributed by atoms with Crippen LogP contribution in [0.5, 0.6) is 0 Å². The molecule has 0 radical (unpaired) electrons. The molecule has 0 aliphatic heterocycles. The summed E-state index contributed by atoms with van der Waals surface area (Å²) in [5, 5.41) is 5.19. The highest BCUT2D eigenvalue weighted by molar-refractivity contribution is 7.10. The van der Waals surface area contributed by atoms with Crippen LogP contribution in [0.4, 0.5) is 0 Å². The summed E-state index contributed by atoms with van der Waals surface area (Å²) >= 11 is 1.50. The van der Waals surface area contributed by atoms with Crippen molar-refractivity contribution in [3.63, 3.8) is 0 Å². The lowest BCUT2D eigenvalue weighted by atomic mass is 9.95. The normalized spacial score (nSPS) is 15.3. The van der Waals surface area contributed by atoms with E-state index in [0.717, 1.165) is 30.6 Å². The minimum atomic E-state index is -0.682. The predicted molar refractivity (Wildman–Crippen MR) is 127 cm³/mol. The van der Waals surface area contributed by atoms with E-state index in [4.69, 9.17) is 4.42 Å². The molecule has 1 N–H and O–H groups in total. The van der Waals surface area contributed by atoms with E-state index >= 15 is 0 Å². The number of aryl methyl sites for hydroxylation is 1. The summed E-state index contributed by atoms with van der Waals surface area (Å²) in [5.41, 5.74) is 2.35. The Morgan fingerprint density at radius 2 is 1.91 bits per heavy atom. The Hall–Kier alpha value is -2.86.